The van der Waals surface area contributed by atoms with Crippen LogP contribution in [0.5, 0.6) is 0 Å². The van der Waals surface area contributed by atoms with E-state index in [1.165, 1.54) is 12.7 Å². The minimum absolute atomic E-state index is 0.0667. The third-order valence-corrected chi connectivity index (χ3v) is 5.74. The van der Waals surface area contributed by atoms with Gasteiger partial charge in [-0.1, -0.05) is 26.0 Å². The maximum atomic E-state index is 13.6. The second-order valence-electron chi connectivity index (χ2n) is 5.15. The van der Waals surface area contributed by atoms with Crippen LogP contribution in [0.15, 0.2) is 36.4 Å². The van der Waals surface area contributed by atoms with E-state index >= 15 is 0 Å². The van der Waals surface area contributed by atoms with Crippen LogP contribution >= 0.6 is 0 Å². The SMILES string of the molecule is Cc1cc([I+]c2ccc(C(C)C)cc2)cc(C)c1F. The summed E-state index contributed by atoms with van der Waals surface area (Å²) in [6.45, 7) is 8.10. The molecule has 0 aliphatic heterocycles. The highest BCUT2D eigenvalue weighted by atomic mass is 127. The molecule has 0 aromatic heterocycles. The first kappa shape index (κ1) is 14.5. The number of benzene rings is 2. The lowest BCUT2D eigenvalue weighted by atomic mass is 10.0. The fraction of sp³-hybridized carbons (Fsp3) is 0.294. The van der Waals surface area contributed by atoms with Crippen molar-refractivity contribution in [3.63, 3.8) is 0 Å². The lowest BCUT2D eigenvalue weighted by Gasteiger charge is -2.03. The highest BCUT2D eigenvalue weighted by Crippen LogP contribution is 2.12. The molecule has 0 saturated heterocycles. The number of halogens is 2. The highest BCUT2D eigenvalue weighted by Gasteiger charge is 2.18. The van der Waals surface area contributed by atoms with E-state index in [1.54, 1.807) is 0 Å². The molecular weight excluding hydrogens is 350 g/mol. The first-order valence-electron chi connectivity index (χ1n) is 6.49. The fourth-order valence-electron chi connectivity index (χ4n) is 1.98. The van der Waals surface area contributed by atoms with Gasteiger partial charge in [-0.05, 0) is 60.7 Å². The van der Waals surface area contributed by atoms with E-state index in [-0.39, 0.29) is 27.0 Å². The standard InChI is InChI=1S/C17H19FI/c1-11(2)14-5-7-15(8-6-14)19-16-9-12(3)17(18)13(4)10-16/h5-11H,1-4H3/q+1. The summed E-state index contributed by atoms with van der Waals surface area (Å²) in [5.41, 5.74) is 2.89. The number of rotatable bonds is 3. The summed E-state index contributed by atoms with van der Waals surface area (Å²) >= 11 is -0.217. The van der Waals surface area contributed by atoms with Gasteiger partial charge in [-0.2, -0.15) is 0 Å². The Kier molecular flexibility index (Phi) is 4.61. The Labute approximate surface area is 125 Å². The minimum atomic E-state index is -0.217. The van der Waals surface area contributed by atoms with Crippen LogP contribution in [0.1, 0.15) is 36.5 Å². The van der Waals surface area contributed by atoms with Crippen molar-refractivity contribution in [2.75, 3.05) is 0 Å². The largest absolute Gasteiger partial charge is 0.357 e. The van der Waals surface area contributed by atoms with Crippen molar-refractivity contribution in [2.45, 2.75) is 33.6 Å². The van der Waals surface area contributed by atoms with E-state index in [0.717, 1.165) is 11.1 Å². The van der Waals surface area contributed by atoms with Gasteiger partial charge < -0.3 is 0 Å². The second kappa shape index (κ2) is 6.04. The Morgan fingerprint density at radius 3 is 1.89 bits per heavy atom. The third-order valence-electron chi connectivity index (χ3n) is 3.16. The van der Waals surface area contributed by atoms with Gasteiger partial charge in [0.1, 0.15) is 5.82 Å². The van der Waals surface area contributed by atoms with Crippen molar-refractivity contribution in [3.05, 3.63) is 66.0 Å². The van der Waals surface area contributed by atoms with Gasteiger partial charge in [0.15, 0.2) is 7.14 Å². The lowest BCUT2D eigenvalue weighted by Crippen LogP contribution is -3.61. The van der Waals surface area contributed by atoms with Crippen LogP contribution < -0.4 is 21.2 Å². The Bertz CT molecular complexity index is 547. The highest BCUT2D eigenvalue weighted by molar-refractivity contribution is 5.23. The first-order valence-corrected chi connectivity index (χ1v) is 8.64. The Morgan fingerprint density at radius 2 is 1.42 bits per heavy atom. The Hall–Kier alpha value is -0.900. The van der Waals surface area contributed by atoms with Crippen molar-refractivity contribution in [1.82, 2.24) is 0 Å². The van der Waals surface area contributed by atoms with Crippen molar-refractivity contribution in [1.29, 1.82) is 0 Å². The molecule has 2 aromatic carbocycles. The second-order valence-corrected chi connectivity index (χ2v) is 8.18. The molecule has 0 heterocycles. The van der Waals surface area contributed by atoms with Gasteiger partial charge >= 0.3 is 21.2 Å². The molecule has 0 atom stereocenters. The lowest BCUT2D eigenvalue weighted by molar-refractivity contribution is -0.597. The molecule has 0 fully saturated rings. The van der Waals surface area contributed by atoms with Gasteiger partial charge in [-0.25, -0.2) is 4.39 Å². The Balaban J connectivity index is 2.21. The number of hydrogen-bond acceptors (Lipinski definition) is 0. The molecule has 2 heteroatoms. The van der Waals surface area contributed by atoms with E-state index in [9.17, 15) is 4.39 Å². The smallest absolute Gasteiger partial charge is 0.206 e. The molecule has 0 amide bonds. The van der Waals surface area contributed by atoms with Crippen LogP contribution in [0.3, 0.4) is 0 Å². The molecule has 0 aliphatic rings. The molecule has 19 heavy (non-hydrogen) atoms. The normalized spacial score (nSPS) is 11.1. The third kappa shape index (κ3) is 3.56. The summed E-state index contributed by atoms with van der Waals surface area (Å²) in [4.78, 5) is 0. The topological polar surface area (TPSA) is 0 Å². The maximum Gasteiger partial charge on any atom is 0.357 e. The van der Waals surface area contributed by atoms with E-state index in [2.05, 4.69) is 38.1 Å². The predicted molar refractivity (Wildman–Crippen MR) is 73.8 cm³/mol. The van der Waals surface area contributed by atoms with E-state index < -0.39 is 0 Å². The van der Waals surface area contributed by atoms with Gasteiger partial charge in [0.25, 0.3) is 0 Å². The predicted octanol–water partition coefficient (Wildman–Crippen LogP) is 1.69. The monoisotopic (exact) mass is 369 g/mol. The number of aryl methyl sites for hydroxylation is 2. The Morgan fingerprint density at radius 1 is 0.895 bits per heavy atom. The van der Waals surface area contributed by atoms with Crippen LogP contribution in [0.25, 0.3) is 0 Å². The molecule has 0 N–H and O–H groups in total. The van der Waals surface area contributed by atoms with Crippen molar-refractivity contribution in [3.8, 4) is 0 Å². The summed E-state index contributed by atoms with van der Waals surface area (Å²) in [6, 6.07) is 12.8. The summed E-state index contributed by atoms with van der Waals surface area (Å²) in [6.07, 6.45) is 0. The molecule has 0 aliphatic carbocycles. The van der Waals surface area contributed by atoms with Gasteiger partial charge in [-0.15, -0.1) is 0 Å². The van der Waals surface area contributed by atoms with Crippen LogP contribution in [0.2, 0.25) is 0 Å². The summed E-state index contributed by atoms with van der Waals surface area (Å²) in [5, 5.41) is 0. The molecule has 0 nitrogen and oxygen atoms in total. The van der Waals surface area contributed by atoms with Crippen LogP contribution in [0.4, 0.5) is 4.39 Å². The van der Waals surface area contributed by atoms with Crippen molar-refractivity contribution < 1.29 is 25.6 Å². The maximum absolute atomic E-state index is 13.6. The molecule has 0 radical (unpaired) electrons. The average molecular weight is 369 g/mol. The first-order chi connectivity index (χ1) is 8.97. The molecule has 100 valence electrons. The van der Waals surface area contributed by atoms with E-state index in [4.69, 9.17) is 0 Å². The van der Waals surface area contributed by atoms with Crippen LogP contribution in [-0.2, 0) is 0 Å². The molecule has 0 spiro atoms. The molecule has 2 aromatic rings. The van der Waals surface area contributed by atoms with Crippen molar-refractivity contribution in [2.24, 2.45) is 0 Å². The quantitative estimate of drug-likeness (QED) is 0.723. The summed E-state index contributed by atoms with van der Waals surface area (Å²) in [7, 11) is 0. The molecule has 0 unspecified atom stereocenters. The van der Waals surface area contributed by atoms with Gasteiger partial charge in [0.05, 0.1) is 0 Å². The minimum Gasteiger partial charge on any atom is -0.206 e. The van der Waals surface area contributed by atoms with Gasteiger partial charge in [0.2, 0.25) is 0 Å². The molecule has 2 rings (SSSR count). The van der Waals surface area contributed by atoms with Gasteiger partial charge in [-0.3, -0.25) is 0 Å². The van der Waals surface area contributed by atoms with Crippen LogP contribution in [-0.4, -0.2) is 0 Å². The zero-order valence-electron chi connectivity index (χ0n) is 11.8. The zero-order valence-corrected chi connectivity index (χ0v) is 14.0. The van der Waals surface area contributed by atoms with E-state index in [1.807, 2.05) is 26.0 Å². The molecule has 0 bridgehead atoms. The number of hydrogen-bond donors (Lipinski definition) is 0. The summed E-state index contributed by atoms with van der Waals surface area (Å²) < 4.78 is 16.3. The zero-order chi connectivity index (χ0) is 14.0. The van der Waals surface area contributed by atoms with E-state index in [0.29, 0.717) is 5.92 Å². The fourth-order valence-corrected chi connectivity index (χ4v) is 4.67. The van der Waals surface area contributed by atoms with Crippen LogP contribution in [0, 0.1) is 26.8 Å². The average Bonchev–Trinajstić information content (AvgIpc) is 2.36. The molecular formula is C17H19FI+. The molecule has 0 saturated carbocycles. The van der Waals surface area contributed by atoms with Gasteiger partial charge in [0, 0.05) is 0 Å². The summed E-state index contributed by atoms with van der Waals surface area (Å²) in [5.74, 6) is 0.505. The van der Waals surface area contributed by atoms with Crippen molar-refractivity contribution >= 4 is 0 Å².